The normalized spacial score (nSPS) is 20.7. The van der Waals surface area contributed by atoms with Gasteiger partial charge in [-0.25, -0.2) is 15.4 Å². The second-order valence-electron chi connectivity index (χ2n) is 11.1. The van der Waals surface area contributed by atoms with Gasteiger partial charge in [-0.05, 0) is 72.9 Å². The molecule has 5 nitrogen and oxygen atoms in total. The molecule has 1 unspecified atom stereocenters. The number of carbonyl (C=O) groups excluding carboxylic acids is 1. The summed E-state index contributed by atoms with van der Waals surface area (Å²) < 4.78 is 1.12. The maximum Gasteiger partial charge on any atom is 0.272 e. The Morgan fingerprint density at radius 2 is 1.90 bits per heavy atom. The molecule has 1 fully saturated rings. The summed E-state index contributed by atoms with van der Waals surface area (Å²) in [6, 6.07) is 19.4. The Kier molecular flexibility index (Phi) is 6.56. The Bertz CT molecular complexity index is 1650. The number of hydrogen-bond donors (Lipinski definition) is 1. The predicted octanol–water partition coefficient (Wildman–Crippen LogP) is 7.66. The lowest BCUT2D eigenvalue weighted by Crippen LogP contribution is -2.36. The Morgan fingerprint density at radius 3 is 2.69 bits per heavy atom. The van der Waals surface area contributed by atoms with Crippen molar-refractivity contribution in [2.24, 2.45) is 0 Å². The molecule has 0 aliphatic carbocycles. The van der Waals surface area contributed by atoms with Crippen molar-refractivity contribution in [2.45, 2.75) is 65.3 Å². The first-order chi connectivity index (χ1) is 18.8. The maximum atomic E-state index is 13.6. The zero-order chi connectivity index (χ0) is 27.3. The van der Waals surface area contributed by atoms with E-state index < -0.39 is 0 Å². The standard InChI is InChI=1S/C33H36N4OS/c1-6-8-11-22-14-17-26-28(20-22)39-32(34-26)37-31(38)24(21(3)35-37)16-19-29-33(4,5)30-25-13-10-9-12-23(25)15-18-27(30)36(29)7-2/h9-10,12-21,35H,6-8,11H2,1-5H3/b24-16+,29-19-. The number of thiazole rings is 1. The number of benzene rings is 3. The van der Waals surface area contributed by atoms with Crippen LogP contribution in [0, 0.1) is 0 Å². The van der Waals surface area contributed by atoms with Crippen molar-refractivity contribution in [3.8, 4) is 0 Å². The van der Waals surface area contributed by atoms with Crippen LogP contribution in [0.15, 0.2) is 78.0 Å². The number of aromatic nitrogens is 1. The molecule has 0 saturated carbocycles. The first kappa shape index (κ1) is 25.8. The summed E-state index contributed by atoms with van der Waals surface area (Å²) in [4.78, 5) is 20.8. The Morgan fingerprint density at radius 1 is 1.08 bits per heavy atom. The third kappa shape index (κ3) is 4.26. The number of nitrogens with zero attached hydrogens (tertiary/aromatic N) is 3. The van der Waals surface area contributed by atoms with E-state index >= 15 is 0 Å². The van der Waals surface area contributed by atoms with Crippen LogP contribution < -0.4 is 15.3 Å². The molecule has 0 radical (unpaired) electrons. The van der Waals surface area contributed by atoms with Gasteiger partial charge in [-0.3, -0.25) is 4.79 Å². The summed E-state index contributed by atoms with van der Waals surface area (Å²) in [5.41, 5.74) is 10.0. The number of nitrogens with one attached hydrogen (secondary N) is 1. The van der Waals surface area contributed by atoms with Gasteiger partial charge < -0.3 is 4.90 Å². The molecule has 200 valence electrons. The number of rotatable bonds is 6. The molecule has 1 saturated heterocycles. The minimum atomic E-state index is -0.191. The fourth-order valence-corrected chi connectivity index (χ4v) is 7.12. The van der Waals surface area contributed by atoms with Crippen molar-refractivity contribution in [2.75, 3.05) is 16.5 Å². The highest BCUT2D eigenvalue weighted by Crippen LogP contribution is 2.50. The SMILES string of the molecule is CCCCc1ccc2nc(N3NC(C)/C(=C\C=C4/N(CC)c5ccc6ccccc6c5C4(C)C)C3=O)sc2c1. The van der Waals surface area contributed by atoms with Crippen LogP contribution >= 0.6 is 11.3 Å². The maximum absolute atomic E-state index is 13.6. The lowest BCUT2D eigenvalue weighted by Gasteiger charge is -2.26. The van der Waals surface area contributed by atoms with Crippen LogP contribution in [-0.2, 0) is 16.6 Å². The van der Waals surface area contributed by atoms with Gasteiger partial charge in [-0.1, -0.05) is 81.0 Å². The number of likely N-dealkylation sites (N-methyl/N-ethyl adjacent to an activating group) is 1. The summed E-state index contributed by atoms with van der Waals surface area (Å²) in [5, 5.41) is 4.88. The number of unbranched alkanes of at least 4 members (excludes halogenated alkanes) is 1. The third-order valence-electron chi connectivity index (χ3n) is 8.18. The lowest BCUT2D eigenvalue weighted by atomic mass is 9.81. The fraction of sp³-hybridized carbons (Fsp3) is 0.333. The molecule has 39 heavy (non-hydrogen) atoms. The molecule has 1 N–H and O–H groups in total. The molecule has 2 aliphatic rings. The summed E-state index contributed by atoms with van der Waals surface area (Å²) in [7, 11) is 0. The van der Waals surface area contributed by atoms with E-state index in [1.165, 1.54) is 46.1 Å². The third-order valence-corrected chi connectivity index (χ3v) is 9.19. The van der Waals surface area contributed by atoms with E-state index in [0.29, 0.717) is 5.13 Å². The zero-order valence-corrected chi connectivity index (χ0v) is 24.2. The van der Waals surface area contributed by atoms with Crippen LogP contribution in [0.25, 0.3) is 21.0 Å². The van der Waals surface area contributed by atoms with Crippen LogP contribution in [0.4, 0.5) is 10.8 Å². The highest BCUT2D eigenvalue weighted by Gasteiger charge is 2.41. The zero-order valence-electron chi connectivity index (χ0n) is 23.4. The molecular formula is C33H36N4OS. The van der Waals surface area contributed by atoms with E-state index in [9.17, 15) is 4.79 Å². The smallest absolute Gasteiger partial charge is 0.272 e. The van der Waals surface area contributed by atoms with Crippen molar-refractivity contribution in [1.82, 2.24) is 10.4 Å². The van der Waals surface area contributed by atoms with Crippen LogP contribution in [0.5, 0.6) is 0 Å². The Labute approximate surface area is 234 Å². The molecule has 3 heterocycles. The number of hydrogen-bond acceptors (Lipinski definition) is 5. The van der Waals surface area contributed by atoms with Gasteiger partial charge in [0, 0.05) is 28.9 Å². The van der Waals surface area contributed by atoms with Gasteiger partial charge in [-0.2, -0.15) is 0 Å². The Balaban J connectivity index is 1.33. The molecule has 1 amide bonds. The van der Waals surface area contributed by atoms with Crippen LogP contribution in [-0.4, -0.2) is 23.5 Å². The monoisotopic (exact) mass is 536 g/mol. The minimum Gasteiger partial charge on any atom is -0.344 e. The number of anilines is 2. The van der Waals surface area contributed by atoms with Crippen LogP contribution in [0.2, 0.25) is 0 Å². The van der Waals surface area contributed by atoms with Gasteiger partial charge >= 0.3 is 0 Å². The van der Waals surface area contributed by atoms with Crippen molar-refractivity contribution in [3.05, 3.63) is 89.1 Å². The molecule has 1 atom stereocenters. The number of fused-ring (bicyclic) bond motifs is 4. The average Bonchev–Trinajstić information content (AvgIpc) is 3.55. The topological polar surface area (TPSA) is 48.5 Å². The summed E-state index contributed by atoms with van der Waals surface area (Å²) >= 11 is 1.57. The fourth-order valence-electron chi connectivity index (χ4n) is 6.13. The number of allylic oxidation sites excluding steroid dienone is 3. The average molecular weight is 537 g/mol. The number of amides is 1. The highest BCUT2D eigenvalue weighted by molar-refractivity contribution is 7.22. The summed E-state index contributed by atoms with van der Waals surface area (Å²) in [5.74, 6) is -0.0357. The second kappa shape index (κ2) is 9.92. The quantitative estimate of drug-likeness (QED) is 0.257. The van der Waals surface area contributed by atoms with Gasteiger partial charge in [0.1, 0.15) is 0 Å². The molecule has 6 heteroatoms. The summed E-state index contributed by atoms with van der Waals surface area (Å²) in [6.07, 6.45) is 7.61. The van der Waals surface area contributed by atoms with Crippen molar-refractivity contribution < 1.29 is 4.79 Å². The molecular weight excluding hydrogens is 500 g/mol. The molecule has 0 bridgehead atoms. The molecule has 4 aromatic rings. The molecule has 6 rings (SSSR count). The predicted molar refractivity (Wildman–Crippen MR) is 164 cm³/mol. The highest BCUT2D eigenvalue weighted by atomic mass is 32.1. The number of carbonyl (C=O) groups is 1. The molecule has 2 aliphatic heterocycles. The van der Waals surface area contributed by atoms with Gasteiger partial charge in [0.15, 0.2) is 0 Å². The van der Waals surface area contributed by atoms with Gasteiger partial charge in [-0.15, -0.1) is 0 Å². The second-order valence-corrected chi connectivity index (χ2v) is 12.1. The molecule has 1 aromatic heterocycles. The van der Waals surface area contributed by atoms with E-state index in [1.54, 1.807) is 16.3 Å². The largest absolute Gasteiger partial charge is 0.344 e. The lowest BCUT2D eigenvalue weighted by molar-refractivity contribution is -0.114. The Hall–Kier alpha value is -3.48. The first-order valence-corrected chi connectivity index (χ1v) is 14.9. The van der Waals surface area contributed by atoms with Gasteiger partial charge in [0.05, 0.1) is 16.3 Å². The van der Waals surface area contributed by atoms with E-state index in [0.717, 1.165) is 28.8 Å². The summed E-state index contributed by atoms with van der Waals surface area (Å²) in [6.45, 7) is 11.9. The van der Waals surface area contributed by atoms with Crippen molar-refractivity contribution in [1.29, 1.82) is 0 Å². The molecule has 3 aromatic carbocycles. The van der Waals surface area contributed by atoms with Gasteiger partial charge in [0.2, 0.25) is 5.13 Å². The van der Waals surface area contributed by atoms with Crippen LogP contribution in [0.3, 0.4) is 0 Å². The minimum absolute atomic E-state index is 0.0357. The van der Waals surface area contributed by atoms with Crippen LogP contribution in [0.1, 0.15) is 58.6 Å². The van der Waals surface area contributed by atoms with Crippen molar-refractivity contribution >= 4 is 49.1 Å². The van der Waals surface area contributed by atoms with Crippen molar-refractivity contribution in [3.63, 3.8) is 0 Å². The van der Waals surface area contributed by atoms with Gasteiger partial charge in [0.25, 0.3) is 5.91 Å². The van der Waals surface area contributed by atoms with E-state index in [1.807, 2.05) is 13.0 Å². The van der Waals surface area contributed by atoms with E-state index in [4.69, 9.17) is 4.98 Å². The number of hydrazine groups is 1. The van der Waals surface area contributed by atoms with E-state index in [-0.39, 0.29) is 17.4 Å². The van der Waals surface area contributed by atoms with E-state index in [2.05, 4.69) is 98.7 Å². The first-order valence-electron chi connectivity index (χ1n) is 14.1. The molecule has 0 spiro atoms. The number of aryl methyl sites for hydroxylation is 1.